The molecule has 3 aromatic rings. The summed E-state index contributed by atoms with van der Waals surface area (Å²) in [5.41, 5.74) is 1.01. The number of nitrogens with zero attached hydrogens (tertiary/aromatic N) is 1. The normalized spacial score (nSPS) is 10.6. The van der Waals surface area contributed by atoms with Gasteiger partial charge in [-0.15, -0.1) is 0 Å². The lowest BCUT2D eigenvalue weighted by atomic mass is 10.1. The first-order valence-electron chi connectivity index (χ1n) is 7.79. The van der Waals surface area contributed by atoms with Gasteiger partial charge in [-0.1, -0.05) is 0 Å². The van der Waals surface area contributed by atoms with Crippen molar-refractivity contribution in [2.45, 2.75) is 13.2 Å². The number of rotatable bonds is 6. The summed E-state index contributed by atoms with van der Waals surface area (Å²) in [5, 5.41) is 20.6. The molecule has 0 spiro atoms. The van der Waals surface area contributed by atoms with E-state index in [4.69, 9.17) is 18.6 Å². The van der Waals surface area contributed by atoms with Gasteiger partial charge < -0.3 is 23.7 Å². The maximum Gasteiger partial charge on any atom is 0.514 e. The fourth-order valence-electron chi connectivity index (χ4n) is 2.44. The molecule has 0 saturated carbocycles. The zero-order valence-corrected chi connectivity index (χ0v) is 14.2. The minimum atomic E-state index is -0.979. The fraction of sp³-hybridized carbons (Fsp3) is 0.167. The number of aliphatic hydroxyl groups excluding tert-OH is 1. The lowest BCUT2D eigenvalue weighted by Crippen LogP contribution is -2.10. The summed E-state index contributed by atoms with van der Waals surface area (Å²) >= 11 is 0. The van der Waals surface area contributed by atoms with Crippen molar-refractivity contribution in [3.05, 3.63) is 63.9 Å². The highest BCUT2D eigenvalue weighted by atomic mass is 16.7. The molecule has 1 aromatic heterocycles. The van der Waals surface area contributed by atoms with Crippen molar-refractivity contribution < 1.29 is 33.5 Å². The second-order valence-corrected chi connectivity index (χ2v) is 5.48. The van der Waals surface area contributed by atoms with Gasteiger partial charge in [0, 0.05) is 17.5 Å². The maximum absolute atomic E-state index is 11.8. The van der Waals surface area contributed by atoms with Crippen LogP contribution in [0.2, 0.25) is 0 Å². The number of nitro benzene ring substituents is 1. The first kappa shape index (κ1) is 18.2. The Balaban J connectivity index is 1.65. The second kappa shape index (κ2) is 7.75. The van der Waals surface area contributed by atoms with Crippen LogP contribution >= 0.6 is 0 Å². The first-order chi connectivity index (χ1) is 13.0. The van der Waals surface area contributed by atoms with E-state index in [2.05, 4.69) is 0 Å². The molecule has 0 amide bonds. The number of methoxy groups -OCH3 is 1. The summed E-state index contributed by atoms with van der Waals surface area (Å²) in [6.45, 7) is -0.330. The third kappa shape index (κ3) is 4.15. The van der Waals surface area contributed by atoms with Crippen molar-refractivity contribution in [2.24, 2.45) is 0 Å². The van der Waals surface area contributed by atoms with Gasteiger partial charge in [0.15, 0.2) is 17.9 Å². The van der Waals surface area contributed by atoms with Crippen molar-refractivity contribution in [1.82, 2.24) is 0 Å². The van der Waals surface area contributed by atoms with Gasteiger partial charge in [-0.25, -0.2) is 4.79 Å². The van der Waals surface area contributed by atoms with Gasteiger partial charge in [-0.3, -0.25) is 10.1 Å². The third-order valence-electron chi connectivity index (χ3n) is 3.68. The maximum atomic E-state index is 11.8. The van der Waals surface area contributed by atoms with E-state index in [0.717, 1.165) is 0 Å². The van der Waals surface area contributed by atoms with Crippen molar-refractivity contribution in [3.8, 4) is 11.5 Å². The fourth-order valence-corrected chi connectivity index (χ4v) is 2.44. The average molecular weight is 373 g/mol. The molecule has 0 fully saturated rings. The summed E-state index contributed by atoms with van der Waals surface area (Å²) in [5.74, 6) is 0.930. The monoisotopic (exact) mass is 373 g/mol. The van der Waals surface area contributed by atoms with E-state index in [1.54, 1.807) is 18.2 Å². The number of ether oxygens (including phenoxy) is 3. The minimum Gasteiger partial charge on any atom is -0.493 e. The number of furan rings is 1. The molecule has 0 aliphatic rings. The number of carbonyl (C=O) groups excluding carboxylic acids is 1. The van der Waals surface area contributed by atoms with Crippen LogP contribution in [-0.2, 0) is 18.0 Å². The highest BCUT2D eigenvalue weighted by Gasteiger charge is 2.14. The largest absolute Gasteiger partial charge is 0.514 e. The number of hydrogen-bond acceptors (Lipinski definition) is 8. The molecule has 2 aromatic carbocycles. The first-order valence-corrected chi connectivity index (χ1v) is 7.79. The Morgan fingerprint density at radius 2 is 1.96 bits per heavy atom. The van der Waals surface area contributed by atoms with Crippen LogP contribution < -0.4 is 9.47 Å². The van der Waals surface area contributed by atoms with Crippen molar-refractivity contribution in [3.63, 3.8) is 0 Å². The van der Waals surface area contributed by atoms with Crippen LogP contribution in [0, 0.1) is 10.1 Å². The zero-order chi connectivity index (χ0) is 19.4. The molecule has 0 unspecified atom stereocenters. The summed E-state index contributed by atoms with van der Waals surface area (Å²) in [7, 11) is 1.48. The molecule has 0 aliphatic heterocycles. The van der Waals surface area contributed by atoms with Gasteiger partial charge in [0.1, 0.15) is 11.5 Å². The van der Waals surface area contributed by atoms with Gasteiger partial charge >= 0.3 is 6.16 Å². The summed E-state index contributed by atoms with van der Waals surface area (Å²) in [6, 6.07) is 10.1. The molecule has 1 N–H and O–H groups in total. The average Bonchev–Trinajstić information content (AvgIpc) is 3.09. The molecule has 0 bridgehead atoms. The Morgan fingerprint density at radius 3 is 2.59 bits per heavy atom. The molecular weight excluding hydrogens is 358 g/mol. The Bertz CT molecular complexity index is 977. The third-order valence-corrected chi connectivity index (χ3v) is 3.68. The molecule has 0 aliphatic carbocycles. The van der Waals surface area contributed by atoms with Crippen LogP contribution in [0.4, 0.5) is 10.5 Å². The number of hydrogen-bond donors (Lipinski definition) is 1. The van der Waals surface area contributed by atoms with Crippen LogP contribution in [0.25, 0.3) is 11.0 Å². The summed E-state index contributed by atoms with van der Waals surface area (Å²) in [4.78, 5) is 21.8. The van der Waals surface area contributed by atoms with E-state index in [1.807, 2.05) is 0 Å². The Morgan fingerprint density at radius 1 is 1.22 bits per heavy atom. The van der Waals surface area contributed by atoms with E-state index in [-0.39, 0.29) is 24.7 Å². The number of carbonyl (C=O) groups is 1. The molecule has 27 heavy (non-hydrogen) atoms. The minimum absolute atomic E-state index is 0.115. The number of aliphatic hydroxyl groups is 1. The van der Waals surface area contributed by atoms with Gasteiger partial charge in [0.2, 0.25) is 0 Å². The molecule has 9 heteroatoms. The van der Waals surface area contributed by atoms with Crippen LogP contribution in [0.5, 0.6) is 11.5 Å². The summed E-state index contributed by atoms with van der Waals surface area (Å²) < 4.78 is 20.8. The lowest BCUT2D eigenvalue weighted by molar-refractivity contribution is -0.384. The highest BCUT2D eigenvalue weighted by molar-refractivity contribution is 5.84. The quantitative estimate of drug-likeness (QED) is 0.301. The molecule has 140 valence electrons. The molecule has 0 saturated heterocycles. The van der Waals surface area contributed by atoms with E-state index >= 15 is 0 Å². The SMILES string of the molecule is COc1cc(CO)cc2cc(COC(=O)Oc3ccc([N+](=O)[O-])cc3)oc12. The van der Waals surface area contributed by atoms with E-state index in [9.17, 15) is 20.0 Å². The molecule has 9 nitrogen and oxygen atoms in total. The zero-order valence-electron chi connectivity index (χ0n) is 14.2. The number of benzene rings is 2. The molecule has 3 rings (SSSR count). The smallest absolute Gasteiger partial charge is 0.493 e. The molecule has 0 atom stereocenters. The molecule has 0 radical (unpaired) electrons. The standard InChI is InChI=1S/C18H15NO8/c1-24-16-7-11(9-20)6-12-8-15(26-17(12)16)10-25-18(21)27-14-4-2-13(3-5-14)19(22)23/h2-8,20H,9-10H2,1H3. The van der Waals surface area contributed by atoms with Crippen molar-refractivity contribution in [2.75, 3.05) is 7.11 Å². The van der Waals surface area contributed by atoms with Gasteiger partial charge in [0.05, 0.1) is 18.6 Å². The van der Waals surface area contributed by atoms with Crippen LogP contribution in [0.3, 0.4) is 0 Å². The van der Waals surface area contributed by atoms with Crippen molar-refractivity contribution >= 4 is 22.8 Å². The number of fused-ring (bicyclic) bond motifs is 1. The predicted octanol–water partition coefficient (Wildman–Crippen LogP) is 3.56. The Labute approximate surface area is 152 Å². The van der Waals surface area contributed by atoms with Gasteiger partial charge in [-0.2, -0.15) is 0 Å². The molecule has 1 heterocycles. The highest BCUT2D eigenvalue weighted by Crippen LogP contribution is 2.31. The number of non-ortho nitro benzene ring substituents is 1. The van der Waals surface area contributed by atoms with Gasteiger partial charge in [0.25, 0.3) is 5.69 Å². The van der Waals surface area contributed by atoms with Crippen molar-refractivity contribution in [1.29, 1.82) is 0 Å². The topological polar surface area (TPSA) is 121 Å². The van der Waals surface area contributed by atoms with Gasteiger partial charge in [-0.05, 0) is 35.9 Å². The van der Waals surface area contributed by atoms with E-state index in [1.165, 1.54) is 31.4 Å². The van der Waals surface area contributed by atoms with Crippen LogP contribution in [-0.4, -0.2) is 23.3 Å². The predicted molar refractivity (Wildman–Crippen MR) is 92.6 cm³/mol. The Kier molecular flexibility index (Phi) is 5.23. The Hall–Kier alpha value is -3.59. The molecular formula is C18H15NO8. The van der Waals surface area contributed by atoms with Crippen LogP contribution in [0.1, 0.15) is 11.3 Å². The van der Waals surface area contributed by atoms with E-state index in [0.29, 0.717) is 28.0 Å². The lowest BCUT2D eigenvalue weighted by Gasteiger charge is -2.04. The number of nitro groups is 1. The summed E-state index contributed by atoms with van der Waals surface area (Å²) in [6.07, 6.45) is -0.979. The second-order valence-electron chi connectivity index (χ2n) is 5.48. The van der Waals surface area contributed by atoms with Crippen LogP contribution in [0.15, 0.2) is 46.9 Å². The van der Waals surface area contributed by atoms with E-state index < -0.39 is 11.1 Å².